The van der Waals surface area contributed by atoms with Gasteiger partial charge in [-0.1, -0.05) is 0 Å². The molecule has 0 fully saturated rings. The Kier molecular flexibility index (Phi) is 6.33. The van der Waals surface area contributed by atoms with E-state index in [0.717, 1.165) is 5.39 Å². The summed E-state index contributed by atoms with van der Waals surface area (Å²) in [4.78, 5) is 41.2. The average molecular weight is 373 g/mol. The second-order valence-corrected chi connectivity index (χ2v) is 6.18. The first kappa shape index (κ1) is 20.2. The Morgan fingerprint density at radius 3 is 2.59 bits per heavy atom. The quantitative estimate of drug-likeness (QED) is 0.763. The summed E-state index contributed by atoms with van der Waals surface area (Å²) in [6.45, 7) is 4.73. The van der Waals surface area contributed by atoms with Crippen LogP contribution in [0.1, 0.15) is 29.9 Å². The smallest absolute Gasteiger partial charge is 0.326 e. The minimum Gasteiger partial charge on any atom is -0.497 e. The number of nitrogens with one attached hydrogen (secondary N) is 1. The summed E-state index contributed by atoms with van der Waals surface area (Å²) < 4.78 is 5.18. The number of aryl methyl sites for hydroxylation is 1. The summed E-state index contributed by atoms with van der Waals surface area (Å²) in [5.41, 5.74) is 1.49. The largest absolute Gasteiger partial charge is 0.497 e. The van der Waals surface area contributed by atoms with Gasteiger partial charge in [-0.2, -0.15) is 0 Å². The van der Waals surface area contributed by atoms with Crippen LogP contribution in [0.5, 0.6) is 5.75 Å². The molecule has 1 unspecified atom stereocenters. The van der Waals surface area contributed by atoms with Crippen LogP contribution in [0.4, 0.5) is 0 Å². The monoisotopic (exact) mass is 373 g/mol. The van der Waals surface area contributed by atoms with Gasteiger partial charge in [-0.05, 0) is 32.0 Å². The van der Waals surface area contributed by atoms with Gasteiger partial charge in [-0.15, -0.1) is 0 Å². The van der Waals surface area contributed by atoms with Crippen molar-refractivity contribution in [3.05, 3.63) is 35.5 Å². The van der Waals surface area contributed by atoms with Gasteiger partial charge in [0.15, 0.2) is 0 Å². The van der Waals surface area contributed by atoms with Crippen molar-refractivity contribution in [2.24, 2.45) is 0 Å². The first-order valence-electron chi connectivity index (χ1n) is 8.48. The summed E-state index contributed by atoms with van der Waals surface area (Å²) in [6.07, 6.45) is 0. The van der Waals surface area contributed by atoms with E-state index < -0.39 is 17.9 Å². The molecule has 0 aliphatic heterocycles. The van der Waals surface area contributed by atoms with Crippen molar-refractivity contribution >= 4 is 28.7 Å². The predicted molar refractivity (Wildman–Crippen MR) is 99.9 cm³/mol. The third-order valence-electron chi connectivity index (χ3n) is 4.26. The lowest BCUT2D eigenvalue weighted by atomic mass is 10.1. The lowest BCUT2D eigenvalue weighted by molar-refractivity contribution is -0.141. The van der Waals surface area contributed by atoms with E-state index in [1.807, 2.05) is 0 Å². The molecule has 0 aliphatic rings. The summed E-state index contributed by atoms with van der Waals surface area (Å²) in [5.74, 6) is -1.16. The fourth-order valence-electron chi connectivity index (χ4n) is 2.70. The fraction of sp³-hybridized carbons (Fsp3) is 0.368. The van der Waals surface area contributed by atoms with Crippen molar-refractivity contribution < 1.29 is 24.2 Å². The van der Waals surface area contributed by atoms with Crippen LogP contribution in [-0.2, 0) is 9.59 Å². The van der Waals surface area contributed by atoms with Crippen molar-refractivity contribution in [3.63, 3.8) is 0 Å². The maximum atomic E-state index is 13.0. The SMILES string of the molecule is COc1ccc2cc(C(=O)N(CCNC(C)=O)C(C)C(=O)O)c(C)nc2c1. The van der Waals surface area contributed by atoms with Crippen molar-refractivity contribution in [1.29, 1.82) is 0 Å². The highest BCUT2D eigenvalue weighted by atomic mass is 16.5. The van der Waals surface area contributed by atoms with Gasteiger partial charge in [0, 0.05) is 31.5 Å². The van der Waals surface area contributed by atoms with Gasteiger partial charge >= 0.3 is 5.97 Å². The third-order valence-corrected chi connectivity index (χ3v) is 4.26. The number of benzene rings is 1. The number of carboxylic acids is 1. The Hall–Kier alpha value is -3.16. The third kappa shape index (κ3) is 4.72. The van der Waals surface area contributed by atoms with Crippen molar-refractivity contribution in [3.8, 4) is 5.75 Å². The Bertz CT molecular complexity index is 881. The van der Waals surface area contributed by atoms with Crippen molar-refractivity contribution in [2.75, 3.05) is 20.2 Å². The molecule has 2 aromatic rings. The number of hydrogen-bond acceptors (Lipinski definition) is 5. The van der Waals surface area contributed by atoms with E-state index in [1.54, 1.807) is 38.3 Å². The number of ether oxygens (including phenoxy) is 1. The second kappa shape index (κ2) is 8.48. The molecule has 1 atom stereocenters. The molecule has 1 aromatic carbocycles. The molecular formula is C19H23N3O5. The van der Waals surface area contributed by atoms with Crippen LogP contribution >= 0.6 is 0 Å². The maximum Gasteiger partial charge on any atom is 0.326 e. The zero-order chi connectivity index (χ0) is 20.1. The second-order valence-electron chi connectivity index (χ2n) is 6.18. The van der Waals surface area contributed by atoms with E-state index in [0.29, 0.717) is 22.5 Å². The molecule has 8 nitrogen and oxygen atoms in total. The van der Waals surface area contributed by atoms with Gasteiger partial charge in [0.25, 0.3) is 5.91 Å². The van der Waals surface area contributed by atoms with Gasteiger partial charge in [0.05, 0.1) is 23.9 Å². The Morgan fingerprint density at radius 1 is 1.30 bits per heavy atom. The number of aliphatic carboxylic acids is 1. The zero-order valence-corrected chi connectivity index (χ0v) is 15.8. The van der Waals surface area contributed by atoms with Crippen LogP contribution in [0.25, 0.3) is 10.9 Å². The molecule has 1 aromatic heterocycles. The number of aromatic nitrogens is 1. The number of carbonyl (C=O) groups excluding carboxylic acids is 2. The Morgan fingerprint density at radius 2 is 2.00 bits per heavy atom. The summed E-state index contributed by atoms with van der Waals surface area (Å²) in [7, 11) is 1.56. The van der Waals surface area contributed by atoms with Gasteiger partial charge < -0.3 is 20.1 Å². The number of hydrogen-bond donors (Lipinski definition) is 2. The molecule has 27 heavy (non-hydrogen) atoms. The first-order valence-corrected chi connectivity index (χ1v) is 8.48. The molecule has 1 heterocycles. The first-order chi connectivity index (χ1) is 12.7. The molecule has 0 saturated heterocycles. The molecule has 0 saturated carbocycles. The van der Waals surface area contributed by atoms with Gasteiger partial charge in [-0.25, -0.2) is 4.79 Å². The number of fused-ring (bicyclic) bond motifs is 1. The maximum absolute atomic E-state index is 13.0. The molecule has 2 N–H and O–H groups in total. The number of carbonyl (C=O) groups is 3. The molecule has 0 spiro atoms. The standard InChI is InChI=1S/C19H23N3O5/c1-11-16(9-14-5-6-15(27-4)10-17(14)21-11)18(24)22(12(2)19(25)26)8-7-20-13(3)23/h5-6,9-10,12H,7-8H2,1-4H3,(H,20,23)(H,25,26). The number of nitrogens with zero attached hydrogens (tertiary/aromatic N) is 2. The van der Waals surface area contributed by atoms with E-state index in [2.05, 4.69) is 10.3 Å². The summed E-state index contributed by atoms with van der Waals surface area (Å²) in [6, 6.07) is 5.98. The lowest BCUT2D eigenvalue weighted by Crippen LogP contribution is -2.47. The fourth-order valence-corrected chi connectivity index (χ4v) is 2.70. The van der Waals surface area contributed by atoms with E-state index in [9.17, 15) is 19.5 Å². The van der Waals surface area contributed by atoms with Crippen LogP contribution in [0.15, 0.2) is 24.3 Å². The number of carboxylic acid groups (broad SMARTS) is 1. The zero-order valence-electron chi connectivity index (χ0n) is 15.8. The molecule has 0 radical (unpaired) electrons. The van der Waals surface area contributed by atoms with Gasteiger partial charge in [0.2, 0.25) is 5.91 Å². The van der Waals surface area contributed by atoms with Gasteiger partial charge in [0.1, 0.15) is 11.8 Å². The minimum atomic E-state index is -1.12. The molecule has 144 valence electrons. The molecule has 2 rings (SSSR count). The number of methoxy groups -OCH3 is 1. The number of amides is 2. The van der Waals surface area contributed by atoms with Crippen LogP contribution in [0.3, 0.4) is 0 Å². The Labute approximate surface area is 157 Å². The molecule has 2 amide bonds. The lowest BCUT2D eigenvalue weighted by Gasteiger charge is -2.27. The normalized spacial score (nSPS) is 11.7. The topological polar surface area (TPSA) is 109 Å². The molecule has 0 aliphatic carbocycles. The number of rotatable bonds is 7. The van der Waals surface area contributed by atoms with Crippen LogP contribution < -0.4 is 10.1 Å². The highest BCUT2D eigenvalue weighted by Crippen LogP contribution is 2.23. The van der Waals surface area contributed by atoms with E-state index in [-0.39, 0.29) is 19.0 Å². The predicted octanol–water partition coefficient (Wildman–Crippen LogP) is 1.60. The molecule has 0 bridgehead atoms. The van der Waals surface area contributed by atoms with E-state index in [4.69, 9.17) is 4.74 Å². The molecular weight excluding hydrogens is 350 g/mol. The summed E-state index contributed by atoms with van der Waals surface area (Å²) >= 11 is 0. The highest BCUT2D eigenvalue weighted by molar-refractivity contribution is 6.00. The van der Waals surface area contributed by atoms with E-state index >= 15 is 0 Å². The summed E-state index contributed by atoms with van der Waals surface area (Å²) in [5, 5.41) is 12.7. The van der Waals surface area contributed by atoms with Gasteiger partial charge in [-0.3, -0.25) is 14.6 Å². The number of pyridine rings is 1. The van der Waals surface area contributed by atoms with Crippen LogP contribution in [0, 0.1) is 6.92 Å². The van der Waals surface area contributed by atoms with Crippen molar-refractivity contribution in [1.82, 2.24) is 15.2 Å². The van der Waals surface area contributed by atoms with Crippen LogP contribution in [0.2, 0.25) is 0 Å². The van der Waals surface area contributed by atoms with Crippen LogP contribution in [-0.4, -0.2) is 59.0 Å². The average Bonchev–Trinajstić information content (AvgIpc) is 2.62. The van der Waals surface area contributed by atoms with Crippen molar-refractivity contribution in [2.45, 2.75) is 26.8 Å². The minimum absolute atomic E-state index is 0.0754. The molecule has 8 heteroatoms. The Balaban J connectivity index is 2.38. The van der Waals surface area contributed by atoms with E-state index in [1.165, 1.54) is 18.7 Å². The highest BCUT2D eigenvalue weighted by Gasteiger charge is 2.27.